The van der Waals surface area contributed by atoms with Crippen molar-refractivity contribution in [3.8, 4) is 0 Å². The molecule has 0 aliphatic heterocycles. The molecule has 0 bridgehead atoms. The fourth-order valence-electron chi connectivity index (χ4n) is 2.83. The number of ketones is 1. The second-order valence-electron chi connectivity index (χ2n) is 7.05. The first-order valence-corrected chi connectivity index (χ1v) is 11.4. The molecule has 2 N–H and O–H groups in total. The van der Waals surface area contributed by atoms with E-state index in [4.69, 9.17) is 4.52 Å². The fraction of sp³-hybridized carbons (Fsp3) is 0.174. The zero-order valence-electron chi connectivity index (χ0n) is 17.9. The van der Waals surface area contributed by atoms with E-state index >= 15 is 0 Å². The van der Waals surface area contributed by atoms with Gasteiger partial charge in [-0.05, 0) is 49.8 Å². The first kappa shape index (κ1) is 23.0. The van der Waals surface area contributed by atoms with Gasteiger partial charge in [0.05, 0.1) is 4.90 Å². The Bertz CT molecular complexity index is 1280. The summed E-state index contributed by atoms with van der Waals surface area (Å²) in [5, 5.41) is 6.62. The van der Waals surface area contributed by atoms with E-state index in [0.717, 1.165) is 5.56 Å². The lowest BCUT2D eigenvalue weighted by atomic mass is 10.1. The number of hydrogen-bond donors (Lipinski definition) is 2. The number of hydrogen-bond acceptors (Lipinski definition) is 6. The summed E-state index contributed by atoms with van der Waals surface area (Å²) in [5.41, 5.74) is 2.52. The molecule has 0 aliphatic rings. The van der Waals surface area contributed by atoms with Crippen molar-refractivity contribution in [1.29, 1.82) is 0 Å². The van der Waals surface area contributed by atoms with Crippen LogP contribution in [0, 0.1) is 6.92 Å². The van der Waals surface area contributed by atoms with Crippen LogP contribution in [0.4, 0.5) is 11.4 Å². The molecule has 0 saturated heterocycles. The van der Waals surface area contributed by atoms with Gasteiger partial charge < -0.3 is 9.84 Å². The summed E-state index contributed by atoms with van der Waals surface area (Å²) in [4.78, 5) is 23.3. The van der Waals surface area contributed by atoms with Crippen LogP contribution in [0.5, 0.6) is 0 Å². The lowest BCUT2D eigenvalue weighted by Crippen LogP contribution is -2.13. The van der Waals surface area contributed by atoms with Crippen LogP contribution in [0.15, 0.2) is 57.9 Å². The van der Waals surface area contributed by atoms with Gasteiger partial charge in [-0.3, -0.25) is 14.3 Å². The highest BCUT2D eigenvalue weighted by molar-refractivity contribution is 7.92. The molecule has 2 aromatic carbocycles. The van der Waals surface area contributed by atoms with E-state index in [9.17, 15) is 18.0 Å². The predicted molar refractivity (Wildman–Crippen MR) is 123 cm³/mol. The summed E-state index contributed by atoms with van der Waals surface area (Å²) in [6.07, 6.45) is 3.71. The van der Waals surface area contributed by atoms with Crippen LogP contribution >= 0.6 is 0 Å². The van der Waals surface area contributed by atoms with Crippen molar-refractivity contribution in [2.75, 3.05) is 10.0 Å². The number of nitrogens with zero attached hydrogens (tertiary/aromatic N) is 1. The summed E-state index contributed by atoms with van der Waals surface area (Å²) < 4.78 is 33.1. The van der Waals surface area contributed by atoms with Crippen molar-refractivity contribution in [3.63, 3.8) is 0 Å². The van der Waals surface area contributed by atoms with E-state index in [1.165, 1.54) is 25.1 Å². The van der Waals surface area contributed by atoms with Gasteiger partial charge in [0.1, 0.15) is 11.4 Å². The van der Waals surface area contributed by atoms with E-state index in [-0.39, 0.29) is 16.6 Å². The normalized spacial score (nSPS) is 11.5. The van der Waals surface area contributed by atoms with Gasteiger partial charge in [-0.25, -0.2) is 8.42 Å². The van der Waals surface area contributed by atoms with E-state index in [1.54, 1.807) is 56.3 Å². The third kappa shape index (κ3) is 5.50. The first-order chi connectivity index (χ1) is 15.2. The van der Waals surface area contributed by atoms with Gasteiger partial charge in [0.15, 0.2) is 11.5 Å². The molecule has 1 heterocycles. The Hall–Kier alpha value is -3.72. The number of aryl methyl sites for hydroxylation is 1. The van der Waals surface area contributed by atoms with Gasteiger partial charge in [0.25, 0.3) is 10.0 Å². The summed E-state index contributed by atoms with van der Waals surface area (Å²) >= 11 is 0. The predicted octanol–water partition coefficient (Wildman–Crippen LogP) is 4.51. The standard InChI is InChI=1S/C23H23N3O5S/c1-4-22(28)24-23-15(2)25-31-21(23)13-10-17-8-11-20(12-9-17)32(29,30)26-19-7-5-6-18(14-19)16(3)27/h5-14,26H,4H2,1-3H3,(H,24,28)/b13-10-. The number of carbonyl (C=O) groups is 2. The molecule has 0 saturated carbocycles. The zero-order chi connectivity index (χ0) is 23.3. The lowest BCUT2D eigenvalue weighted by molar-refractivity contribution is -0.115. The molecule has 1 aromatic heterocycles. The summed E-state index contributed by atoms with van der Waals surface area (Å²) in [6, 6.07) is 12.5. The molecule has 166 valence electrons. The van der Waals surface area contributed by atoms with Crippen LogP contribution in [0.25, 0.3) is 12.2 Å². The third-order valence-corrected chi connectivity index (χ3v) is 6.01. The molecule has 3 aromatic rings. The van der Waals surface area contributed by atoms with Gasteiger partial charge in [-0.1, -0.05) is 42.4 Å². The van der Waals surface area contributed by atoms with Gasteiger partial charge in [-0.2, -0.15) is 0 Å². The van der Waals surface area contributed by atoms with Crippen molar-refractivity contribution < 1.29 is 22.5 Å². The monoisotopic (exact) mass is 453 g/mol. The average molecular weight is 454 g/mol. The Labute approximate surface area is 186 Å². The highest BCUT2D eigenvalue weighted by Gasteiger charge is 2.15. The summed E-state index contributed by atoms with van der Waals surface area (Å²) in [7, 11) is -3.82. The van der Waals surface area contributed by atoms with Crippen molar-refractivity contribution in [1.82, 2.24) is 5.16 Å². The Balaban J connectivity index is 1.76. The van der Waals surface area contributed by atoms with Crippen LogP contribution in [0.1, 0.15) is 47.6 Å². The molecule has 0 atom stereocenters. The van der Waals surface area contributed by atoms with Gasteiger partial charge >= 0.3 is 0 Å². The Kier molecular flexibility index (Phi) is 6.89. The Morgan fingerprint density at radius 3 is 2.47 bits per heavy atom. The maximum atomic E-state index is 12.7. The van der Waals surface area contributed by atoms with Crippen LogP contribution in [-0.4, -0.2) is 25.3 Å². The van der Waals surface area contributed by atoms with E-state index < -0.39 is 10.0 Å². The molecule has 32 heavy (non-hydrogen) atoms. The molecule has 9 heteroatoms. The average Bonchev–Trinajstić information content (AvgIpc) is 3.11. The molecule has 0 spiro atoms. The van der Waals surface area contributed by atoms with E-state index in [2.05, 4.69) is 15.2 Å². The molecule has 0 radical (unpaired) electrons. The number of sulfonamides is 1. The molecule has 3 rings (SSSR count). The van der Waals surface area contributed by atoms with Crippen LogP contribution in [0.3, 0.4) is 0 Å². The van der Waals surface area contributed by atoms with Crippen LogP contribution in [0.2, 0.25) is 0 Å². The second kappa shape index (κ2) is 9.61. The SMILES string of the molecule is CCC(=O)Nc1c(C)noc1/C=C\c1ccc(S(=O)(=O)Nc2cccc(C(C)=O)c2)cc1. The largest absolute Gasteiger partial charge is 0.354 e. The minimum Gasteiger partial charge on any atom is -0.354 e. The van der Waals surface area contributed by atoms with Crippen LogP contribution in [-0.2, 0) is 14.8 Å². The molecule has 0 fully saturated rings. The molecule has 0 unspecified atom stereocenters. The van der Waals surface area contributed by atoms with E-state index in [0.29, 0.717) is 34.8 Å². The van der Waals surface area contributed by atoms with E-state index in [1.807, 2.05) is 0 Å². The molecular formula is C23H23N3O5S. The number of aromatic nitrogens is 1. The summed E-state index contributed by atoms with van der Waals surface area (Å²) in [6.45, 7) is 4.89. The molecule has 0 aliphatic carbocycles. The minimum absolute atomic E-state index is 0.0780. The number of carbonyl (C=O) groups excluding carboxylic acids is 2. The van der Waals surface area contributed by atoms with Crippen molar-refractivity contribution in [3.05, 3.63) is 71.1 Å². The van der Waals surface area contributed by atoms with Gasteiger partial charge in [-0.15, -0.1) is 0 Å². The highest BCUT2D eigenvalue weighted by atomic mass is 32.2. The number of rotatable bonds is 8. The fourth-order valence-corrected chi connectivity index (χ4v) is 3.88. The Morgan fingerprint density at radius 2 is 1.81 bits per heavy atom. The van der Waals surface area contributed by atoms with Gasteiger partial charge in [0.2, 0.25) is 5.91 Å². The van der Waals surface area contributed by atoms with Crippen molar-refractivity contribution >= 4 is 45.2 Å². The maximum absolute atomic E-state index is 12.7. The number of nitrogens with one attached hydrogen (secondary N) is 2. The van der Waals surface area contributed by atoms with Crippen LogP contribution < -0.4 is 10.0 Å². The second-order valence-corrected chi connectivity index (χ2v) is 8.74. The zero-order valence-corrected chi connectivity index (χ0v) is 18.7. The number of benzene rings is 2. The quantitative estimate of drug-likeness (QED) is 0.485. The topological polar surface area (TPSA) is 118 Å². The molecule has 8 nitrogen and oxygen atoms in total. The lowest BCUT2D eigenvalue weighted by Gasteiger charge is -2.09. The minimum atomic E-state index is -3.82. The molecule has 1 amide bonds. The number of anilines is 2. The Morgan fingerprint density at radius 1 is 1.09 bits per heavy atom. The number of amides is 1. The third-order valence-electron chi connectivity index (χ3n) is 4.61. The summed E-state index contributed by atoms with van der Waals surface area (Å²) in [5.74, 6) is 0.0939. The van der Waals surface area contributed by atoms with Crippen molar-refractivity contribution in [2.45, 2.75) is 32.1 Å². The number of Topliss-reactive ketones (excluding diaryl/α,β-unsaturated/α-hetero) is 1. The van der Waals surface area contributed by atoms with Gasteiger partial charge in [0, 0.05) is 17.7 Å². The molecular weight excluding hydrogens is 430 g/mol. The smallest absolute Gasteiger partial charge is 0.261 e. The van der Waals surface area contributed by atoms with Crippen molar-refractivity contribution in [2.24, 2.45) is 0 Å². The highest BCUT2D eigenvalue weighted by Crippen LogP contribution is 2.23. The first-order valence-electron chi connectivity index (χ1n) is 9.87. The maximum Gasteiger partial charge on any atom is 0.261 e.